The van der Waals surface area contributed by atoms with Crippen LogP contribution in [0.2, 0.25) is 0 Å². The van der Waals surface area contributed by atoms with Gasteiger partial charge in [0.05, 0.1) is 35.4 Å². The molecule has 13 heteroatoms. The number of halogens is 1. The Hall–Kier alpha value is -4.20. The lowest BCUT2D eigenvalue weighted by atomic mass is 10.2. The highest BCUT2D eigenvalue weighted by Crippen LogP contribution is 2.33. The Balaban J connectivity index is 1.44. The van der Waals surface area contributed by atoms with Gasteiger partial charge in [0.2, 0.25) is 11.6 Å². The van der Waals surface area contributed by atoms with Crippen LogP contribution in [0, 0.1) is 5.82 Å². The van der Waals surface area contributed by atoms with Gasteiger partial charge in [-0.2, -0.15) is 14.6 Å². The summed E-state index contributed by atoms with van der Waals surface area (Å²) in [5, 5.41) is 21.0. The maximum atomic E-state index is 15.1. The zero-order valence-electron chi connectivity index (χ0n) is 23.0. The summed E-state index contributed by atoms with van der Waals surface area (Å²) in [6.45, 7) is 7.98. The predicted molar refractivity (Wildman–Crippen MR) is 151 cm³/mol. The molecule has 2 atom stereocenters. The van der Waals surface area contributed by atoms with Crippen molar-refractivity contribution < 1.29 is 23.2 Å². The lowest BCUT2D eigenvalue weighted by Gasteiger charge is -2.13. The Morgan fingerprint density at radius 2 is 1.95 bits per heavy atom. The third kappa shape index (κ3) is 6.11. The molecule has 2 N–H and O–H groups in total. The summed E-state index contributed by atoms with van der Waals surface area (Å²) < 4.78 is 43.0. The van der Waals surface area contributed by atoms with Crippen molar-refractivity contribution in [3.8, 4) is 17.0 Å². The molecule has 0 radical (unpaired) electrons. The number of fused-ring (bicyclic) bond motifs is 1. The summed E-state index contributed by atoms with van der Waals surface area (Å²) in [5.41, 5.74) is 2.37. The van der Waals surface area contributed by atoms with Crippen molar-refractivity contribution in [2.75, 3.05) is 11.9 Å². The molecule has 214 valence electrons. The molecule has 0 spiro atoms. The van der Waals surface area contributed by atoms with E-state index < -0.39 is 16.6 Å². The molecule has 0 aliphatic carbocycles. The molecule has 0 bridgehead atoms. The summed E-state index contributed by atoms with van der Waals surface area (Å²) in [4.78, 5) is 9.86. The van der Waals surface area contributed by atoms with Gasteiger partial charge in [-0.05, 0) is 63.6 Å². The average molecular weight is 580 g/mol. The molecule has 0 saturated carbocycles. The van der Waals surface area contributed by atoms with Crippen LogP contribution in [-0.4, -0.2) is 51.4 Å². The van der Waals surface area contributed by atoms with Gasteiger partial charge in [0.1, 0.15) is 24.1 Å². The van der Waals surface area contributed by atoms with Gasteiger partial charge in [-0.25, -0.2) is 18.3 Å². The Morgan fingerprint density at radius 1 is 1.15 bits per heavy atom. The van der Waals surface area contributed by atoms with Crippen molar-refractivity contribution in [3.63, 3.8) is 0 Å². The van der Waals surface area contributed by atoms with Gasteiger partial charge in [0.15, 0.2) is 5.75 Å². The van der Waals surface area contributed by atoms with Gasteiger partial charge in [-0.1, -0.05) is 12.1 Å². The van der Waals surface area contributed by atoms with E-state index in [1.54, 1.807) is 41.2 Å². The van der Waals surface area contributed by atoms with Crippen molar-refractivity contribution in [1.82, 2.24) is 29.4 Å². The fourth-order valence-electron chi connectivity index (χ4n) is 4.14. The van der Waals surface area contributed by atoms with E-state index in [0.29, 0.717) is 39.7 Å². The van der Waals surface area contributed by atoms with Crippen LogP contribution in [0.3, 0.4) is 0 Å². The van der Waals surface area contributed by atoms with E-state index in [1.165, 1.54) is 23.0 Å². The van der Waals surface area contributed by atoms with E-state index in [9.17, 15) is 9.32 Å². The molecule has 5 rings (SSSR count). The molecule has 2 aromatic carbocycles. The zero-order valence-corrected chi connectivity index (χ0v) is 23.8. The first-order valence-corrected chi connectivity index (χ1v) is 14.2. The first-order chi connectivity index (χ1) is 19.8. The van der Waals surface area contributed by atoms with E-state index in [0.717, 1.165) is 0 Å². The lowest BCUT2D eigenvalue weighted by Crippen LogP contribution is -2.10. The number of benzene rings is 2. The third-order valence-corrected chi connectivity index (χ3v) is 7.41. The number of nitrogens with zero attached hydrogens (tertiary/aromatic N) is 6. The van der Waals surface area contributed by atoms with E-state index >= 15 is 4.39 Å². The van der Waals surface area contributed by atoms with E-state index in [4.69, 9.17) is 9.47 Å². The Morgan fingerprint density at radius 3 is 2.68 bits per heavy atom. The first kappa shape index (κ1) is 28.3. The van der Waals surface area contributed by atoms with Crippen LogP contribution in [0.5, 0.6) is 5.75 Å². The number of anilines is 2. The highest BCUT2D eigenvalue weighted by atomic mass is 32.2. The van der Waals surface area contributed by atoms with E-state index in [-0.39, 0.29) is 35.5 Å². The van der Waals surface area contributed by atoms with Gasteiger partial charge < -0.3 is 19.9 Å². The number of aliphatic hydroxyl groups excluding tert-OH is 1. The zero-order chi connectivity index (χ0) is 29.1. The first-order valence-electron chi connectivity index (χ1n) is 13.0. The molecular weight excluding hydrogens is 549 g/mol. The van der Waals surface area contributed by atoms with Crippen molar-refractivity contribution in [2.45, 2.75) is 56.4 Å². The minimum atomic E-state index is -1.62. The number of hydrogen-bond acceptors (Lipinski definition) is 9. The van der Waals surface area contributed by atoms with Gasteiger partial charge in [0, 0.05) is 28.2 Å². The second-order valence-electron chi connectivity index (χ2n) is 9.40. The molecular formula is C28H30FN7O4S. The summed E-state index contributed by atoms with van der Waals surface area (Å²) in [7, 11) is -1.62. The van der Waals surface area contributed by atoms with E-state index in [1.807, 2.05) is 33.9 Å². The minimum Gasteiger partial charge on any atom is -0.485 e. The molecule has 0 fully saturated rings. The average Bonchev–Trinajstić information content (AvgIpc) is 3.61. The smallest absolute Gasteiger partial charge is 0.247 e. The molecule has 3 aromatic heterocycles. The maximum absolute atomic E-state index is 15.1. The van der Waals surface area contributed by atoms with Crippen LogP contribution in [0.4, 0.5) is 16.0 Å². The van der Waals surface area contributed by atoms with E-state index in [2.05, 4.69) is 25.5 Å². The Kier molecular flexibility index (Phi) is 8.38. The molecule has 0 saturated heterocycles. The molecule has 0 aliphatic rings. The van der Waals surface area contributed by atoms with Gasteiger partial charge >= 0.3 is 0 Å². The highest BCUT2D eigenvalue weighted by molar-refractivity contribution is 7.85. The SMILES string of the molecule is CCOC(C)n1cc(-c2ncn3nc(Nc4ccc(S(=O)c5cccc(CO)c5)cc4F)nc3c2OC(C)C)cn1. The molecule has 2 unspecified atom stereocenters. The van der Waals surface area contributed by atoms with Crippen molar-refractivity contribution in [3.05, 3.63) is 72.6 Å². The molecule has 41 heavy (non-hydrogen) atoms. The summed E-state index contributed by atoms with van der Waals surface area (Å²) in [6, 6.07) is 11.0. The monoisotopic (exact) mass is 579 g/mol. The fraction of sp³-hybridized carbons (Fsp3) is 0.286. The molecule has 3 heterocycles. The van der Waals surface area contributed by atoms with Crippen molar-refractivity contribution in [2.24, 2.45) is 0 Å². The van der Waals surface area contributed by atoms with Crippen LogP contribution in [0.25, 0.3) is 16.9 Å². The summed E-state index contributed by atoms with van der Waals surface area (Å²) in [5.74, 6) is -0.0917. The largest absolute Gasteiger partial charge is 0.485 e. The Labute approximate surface area is 238 Å². The lowest BCUT2D eigenvalue weighted by molar-refractivity contribution is 0.0160. The quantitative estimate of drug-likeness (QED) is 0.225. The molecule has 5 aromatic rings. The number of nitrogens with one attached hydrogen (secondary N) is 1. The third-order valence-electron chi connectivity index (χ3n) is 6.05. The number of hydrogen-bond donors (Lipinski definition) is 2. The normalized spacial score (nSPS) is 13.0. The van der Waals surface area contributed by atoms with Crippen LogP contribution in [-0.2, 0) is 22.1 Å². The van der Waals surface area contributed by atoms with Gasteiger partial charge in [-0.15, -0.1) is 5.10 Å². The van der Waals surface area contributed by atoms with Crippen molar-refractivity contribution in [1.29, 1.82) is 0 Å². The highest BCUT2D eigenvalue weighted by Gasteiger charge is 2.21. The second-order valence-corrected chi connectivity index (χ2v) is 10.9. The van der Waals surface area contributed by atoms with Crippen LogP contribution in [0.15, 0.2) is 71.0 Å². The fourth-order valence-corrected chi connectivity index (χ4v) is 5.28. The van der Waals surface area contributed by atoms with Crippen LogP contribution >= 0.6 is 0 Å². The minimum absolute atomic E-state index is 0.108. The standard InChI is InChI=1S/C28H30FN7O4S/c1-5-39-18(4)35-14-20(13-31-35)25-26(40-17(2)3)27-33-28(34-36(27)16-30-25)32-24-10-9-22(12-23(24)29)41(38)21-8-6-7-19(11-21)15-37/h6-14,16-18,37H,5,15H2,1-4H3,(H,32,34). The molecule has 11 nitrogen and oxygen atoms in total. The van der Waals surface area contributed by atoms with Crippen molar-refractivity contribution >= 4 is 28.1 Å². The number of ether oxygens (including phenoxy) is 2. The van der Waals surface area contributed by atoms with Crippen LogP contribution < -0.4 is 10.1 Å². The summed E-state index contributed by atoms with van der Waals surface area (Å²) >= 11 is 0. The van der Waals surface area contributed by atoms with Gasteiger partial charge in [-0.3, -0.25) is 0 Å². The van der Waals surface area contributed by atoms with Crippen LogP contribution in [0.1, 0.15) is 39.5 Å². The number of aliphatic hydroxyl groups is 1. The predicted octanol–water partition coefficient (Wildman–Crippen LogP) is 4.87. The summed E-state index contributed by atoms with van der Waals surface area (Å²) in [6.07, 6.45) is 4.57. The molecule has 0 amide bonds. The Bertz CT molecular complexity index is 1700. The molecule has 0 aliphatic heterocycles. The second kappa shape index (κ2) is 12.1. The topological polar surface area (TPSA) is 129 Å². The number of aromatic nitrogens is 6. The van der Waals surface area contributed by atoms with Gasteiger partial charge in [0.25, 0.3) is 0 Å². The maximum Gasteiger partial charge on any atom is 0.247 e. The number of rotatable bonds is 11.